The summed E-state index contributed by atoms with van der Waals surface area (Å²) < 4.78 is 2.02. The third-order valence-electron chi connectivity index (χ3n) is 4.33. The van der Waals surface area contributed by atoms with Crippen molar-refractivity contribution in [2.24, 2.45) is 5.92 Å². The van der Waals surface area contributed by atoms with Crippen LogP contribution in [0.25, 0.3) is 5.65 Å². The van der Waals surface area contributed by atoms with Crippen LogP contribution < -0.4 is 5.32 Å². The van der Waals surface area contributed by atoms with Crippen molar-refractivity contribution in [2.45, 2.75) is 26.3 Å². The molecule has 1 fully saturated rings. The summed E-state index contributed by atoms with van der Waals surface area (Å²) in [5.41, 5.74) is 2.87. The van der Waals surface area contributed by atoms with Crippen LogP contribution in [-0.2, 0) is 6.54 Å². The number of urea groups is 1. The number of imidazole rings is 1. The molecule has 0 saturated carbocycles. The van der Waals surface area contributed by atoms with E-state index < -0.39 is 0 Å². The number of rotatable bonds is 3. The van der Waals surface area contributed by atoms with Gasteiger partial charge in [0.2, 0.25) is 0 Å². The largest absolute Gasteiger partial charge is 0.396 e. The Morgan fingerprint density at radius 3 is 2.86 bits per heavy atom. The highest BCUT2D eigenvalue weighted by molar-refractivity contribution is 5.74. The van der Waals surface area contributed by atoms with Crippen LogP contribution in [0.1, 0.15) is 24.2 Å². The van der Waals surface area contributed by atoms with E-state index in [1.54, 1.807) is 0 Å². The van der Waals surface area contributed by atoms with E-state index in [9.17, 15) is 4.79 Å². The van der Waals surface area contributed by atoms with Crippen molar-refractivity contribution in [3.8, 4) is 0 Å². The maximum Gasteiger partial charge on any atom is 0.317 e. The molecule has 3 rings (SSSR count). The van der Waals surface area contributed by atoms with Gasteiger partial charge in [-0.1, -0.05) is 6.07 Å². The van der Waals surface area contributed by atoms with E-state index in [4.69, 9.17) is 5.11 Å². The van der Waals surface area contributed by atoms with Gasteiger partial charge in [-0.2, -0.15) is 0 Å². The molecule has 118 valence electrons. The van der Waals surface area contributed by atoms with Gasteiger partial charge in [0, 0.05) is 31.6 Å². The summed E-state index contributed by atoms with van der Waals surface area (Å²) in [6.45, 7) is 4.10. The van der Waals surface area contributed by atoms with Crippen LogP contribution >= 0.6 is 0 Å². The number of nitrogens with zero attached hydrogens (tertiary/aromatic N) is 3. The van der Waals surface area contributed by atoms with Crippen LogP contribution in [0.15, 0.2) is 24.4 Å². The molecule has 1 aliphatic rings. The highest BCUT2D eigenvalue weighted by atomic mass is 16.3. The molecule has 22 heavy (non-hydrogen) atoms. The summed E-state index contributed by atoms with van der Waals surface area (Å²) in [6.07, 6.45) is 3.71. The molecule has 0 radical (unpaired) electrons. The highest BCUT2D eigenvalue weighted by Gasteiger charge is 2.22. The Balaban J connectivity index is 1.57. The number of pyridine rings is 1. The number of carbonyl (C=O) groups is 1. The minimum absolute atomic E-state index is 0.0508. The standard InChI is InChI=1S/C16H22N4O2/c1-12-3-2-4-15-18-14(10-20(12)15)9-17-16(22)19-7-5-13(11-21)6-8-19/h2-4,10,13,21H,5-9,11H2,1H3,(H,17,22). The number of hydrogen-bond acceptors (Lipinski definition) is 3. The summed E-state index contributed by atoms with van der Waals surface area (Å²) in [5, 5.41) is 12.1. The van der Waals surface area contributed by atoms with Crippen molar-refractivity contribution in [2.75, 3.05) is 19.7 Å². The van der Waals surface area contributed by atoms with Gasteiger partial charge in [0.25, 0.3) is 0 Å². The van der Waals surface area contributed by atoms with Crippen LogP contribution in [0.4, 0.5) is 4.79 Å². The number of carbonyl (C=O) groups excluding carboxylic acids is 1. The first-order valence-corrected chi connectivity index (χ1v) is 7.74. The molecule has 6 heteroatoms. The summed E-state index contributed by atoms with van der Waals surface area (Å²) in [6, 6.07) is 5.91. The maximum atomic E-state index is 12.2. The number of hydrogen-bond donors (Lipinski definition) is 2. The fraction of sp³-hybridized carbons (Fsp3) is 0.500. The van der Waals surface area contributed by atoms with Gasteiger partial charge >= 0.3 is 6.03 Å². The molecule has 2 N–H and O–H groups in total. The molecule has 2 aromatic heterocycles. The summed E-state index contributed by atoms with van der Waals surface area (Å²) in [7, 11) is 0. The number of nitrogens with one attached hydrogen (secondary N) is 1. The van der Waals surface area contributed by atoms with Crippen LogP contribution in [0.2, 0.25) is 0 Å². The number of piperidine rings is 1. The quantitative estimate of drug-likeness (QED) is 0.904. The van der Waals surface area contributed by atoms with Crippen LogP contribution in [0.3, 0.4) is 0 Å². The minimum atomic E-state index is -0.0508. The Labute approximate surface area is 129 Å². The van der Waals surface area contributed by atoms with Crippen molar-refractivity contribution in [3.05, 3.63) is 35.8 Å². The third kappa shape index (κ3) is 3.06. The number of likely N-dealkylation sites (tertiary alicyclic amines) is 1. The second-order valence-corrected chi connectivity index (χ2v) is 5.90. The predicted octanol–water partition coefficient (Wildman–Crippen LogP) is 1.56. The molecule has 0 aliphatic carbocycles. The molecule has 0 spiro atoms. The Hall–Kier alpha value is -2.08. The van der Waals surface area contributed by atoms with E-state index in [-0.39, 0.29) is 12.6 Å². The van der Waals surface area contributed by atoms with Gasteiger partial charge in [-0.05, 0) is 37.8 Å². The van der Waals surface area contributed by atoms with Crippen LogP contribution in [0.5, 0.6) is 0 Å². The zero-order valence-corrected chi connectivity index (χ0v) is 12.8. The Morgan fingerprint density at radius 1 is 1.41 bits per heavy atom. The van der Waals surface area contributed by atoms with Crippen LogP contribution in [-0.4, -0.2) is 45.1 Å². The van der Waals surface area contributed by atoms with E-state index in [1.807, 2.05) is 40.6 Å². The molecular formula is C16H22N4O2. The molecule has 0 atom stereocenters. The number of fused-ring (bicyclic) bond motifs is 1. The van der Waals surface area contributed by atoms with E-state index in [2.05, 4.69) is 10.3 Å². The summed E-state index contributed by atoms with van der Waals surface area (Å²) >= 11 is 0. The topological polar surface area (TPSA) is 69.9 Å². The number of amides is 2. The number of aromatic nitrogens is 2. The van der Waals surface area contributed by atoms with Gasteiger partial charge in [0.1, 0.15) is 5.65 Å². The average Bonchev–Trinajstić information content (AvgIpc) is 2.97. The van der Waals surface area contributed by atoms with E-state index in [1.165, 1.54) is 0 Å². The zero-order chi connectivity index (χ0) is 15.5. The van der Waals surface area contributed by atoms with E-state index in [0.29, 0.717) is 25.6 Å². The first-order valence-electron chi connectivity index (χ1n) is 7.74. The van der Waals surface area contributed by atoms with Crippen LogP contribution in [0, 0.1) is 12.8 Å². The normalized spacial score (nSPS) is 16.2. The van der Waals surface area contributed by atoms with Crippen molar-refractivity contribution < 1.29 is 9.90 Å². The Bertz CT molecular complexity index is 659. The smallest absolute Gasteiger partial charge is 0.317 e. The van der Waals surface area contributed by atoms with Crippen molar-refractivity contribution in [1.82, 2.24) is 19.6 Å². The summed E-state index contributed by atoms with van der Waals surface area (Å²) in [4.78, 5) is 18.5. The Kier molecular flexibility index (Phi) is 4.29. The number of aliphatic hydroxyl groups is 1. The molecule has 1 aliphatic heterocycles. The fourth-order valence-corrected chi connectivity index (χ4v) is 2.88. The monoisotopic (exact) mass is 302 g/mol. The van der Waals surface area contributed by atoms with E-state index in [0.717, 1.165) is 29.9 Å². The highest BCUT2D eigenvalue weighted by Crippen LogP contribution is 2.16. The second kappa shape index (κ2) is 6.36. The first-order chi connectivity index (χ1) is 10.7. The molecule has 0 bridgehead atoms. The Morgan fingerprint density at radius 2 is 2.18 bits per heavy atom. The molecule has 0 aromatic carbocycles. The van der Waals surface area contributed by atoms with Gasteiger partial charge in [-0.25, -0.2) is 9.78 Å². The average molecular weight is 302 g/mol. The minimum Gasteiger partial charge on any atom is -0.396 e. The predicted molar refractivity (Wildman–Crippen MR) is 83.5 cm³/mol. The van der Waals surface area contributed by atoms with E-state index >= 15 is 0 Å². The molecular weight excluding hydrogens is 280 g/mol. The lowest BCUT2D eigenvalue weighted by Gasteiger charge is -2.31. The molecule has 2 amide bonds. The lowest BCUT2D eigenvalue weighted by atomic mass is 9.98. The van der Waals surface area contributed by atoms with Gasteiger partial charge in [-0.3, -0.25) is 0 Å². The van der Waals surface area contributed by atoms with Gasteiger partial charge in [0.05, 0.1) is 12.2 Å². The maximum absolute atomic E-state index is 12.2. The lowest BCUT2D eigenvalue weighted by Crippen LogP contribution is -2.44. The van der Waals surface area contributed by atoms with Gasteiger partial charge < -0.3 is 19.7 Å². The fourth-order valence-electron chi connectivity index (χ4n) is 2.88. The molecule has 1 saturated heterocycles. The van der Waals surface area contributed by atoms with Gasteiger partial charge in [0.15, 0.2) is 0 Å². The number of aliphatic hydroxyl groups excluding tert-OH is 1. The van der Waals surface area contributed by atoms with Crippen molar-refractivity contribution >= 4 is 11.7 Å². The lowest BCUT2D eigenvalue weighted by molar-refractivity contribution is 0.137. The SMILES string of the molecule is Cc1cccc2nc(CNC(=O)N3CCC(CO)CC3)cn12. The second-order valence-electron chi connectivity index (χ2n) is 5.90. The van der Waals surface area contributed by atoms with Crippen molar-refractivity contribution in [3.63, 3.8) is 0 Å². The molecule has 3 heterocycles. The van der Waals surface area contributed by atoms with Crippen molar-refractivity contribution in [1.29, 1.82) is 0 Å². The third-order valence-corrected chi connectivity index (χ3v) is 4.33. The number of aryl methyl sites for hydroxylation is 1. The summed E-state index contributed by atoms with van der Waals surface area (Å²) in [5.74, 6) is 0.338. The van der Waals surface area contributed by atoms with Gasteiger partial charge in [-0.15, -0.1) is 0 Å². The molecule has 2 aromatic rings. The molecule has 0 unspecified atom stereocenters. The molecule has 6 nitrogen and oxygen atoms in total. The first kappa shape index (κ1) is 14.8. The zero-order valence-electron chi connectivity index (χ0n) is 12.8.